The van der Waals surface area contributed by atoms with Crippen LogP contribution >= 0.6 is 11.6 Å². The maximum absolute atomic E-state index is 12.7. The van der Waals surface area contributed by atoms with Crippen LogP contribution in [0.3, 0.4) is 0 Å². The van der Waals surface area contributed by atoms with Crippen LogP contribution in [-0.2, 0) is 0 Å². The Morgan fingerprint density at radius 3 is 2.11 bits per heavy atom. The Labute approximate surface area is 228 Å². The first-order valence-electron chi connectivity index (χ1n) is 12.9. The maximum Gasteiger partial charge on any atom is 0.323 e. The van der Waals surface area contributed by atoms with Crippen molar-refractivity contribution in [2.24, 2.45) is 0 Å². The number of carbonyl (C=O) groups is 2. The van der Waals surface area contributed by atoms with Gasteiger partial charge in [-0.05, 0) is 73.5 Å². The smallest absolute Gasteiger partial charge is 0.323 e. The Hall–Kier alpha value is -3.91. The van der Waals surface area contributed by atoms with E-state index in [0.29, 0.717) is 54.9 Å². The van der Waals surface area contributed by atoms with Crippen molar-refractivity contribution in [2.45, 2.75) is 26.7 Å². The van der Waals surface area contributed by atoms with Crippen LogP contribution in [0.2, 0.25) is 5.02 Å². The first-order chi connectivity index (χ1) is 18.4. The Balaban J connectivity index is 1.23. The summed E-state index contributed by atoms with van der Waals surface area (Å²) in [4.78, 5) is 29.2. The highest BCUT2D eigenvalue weighted by atomic mass is 35.5. The lowest BCUT2D eigenvalue weighted by atomic mass is 10.2. The number of piperazine rings is 1. The highest BCUT2D eigenvalue weighted by Crippen LogP contribution is 2.26. The van der Waals surface area contributed by atoms with Crippen LogP contribution in [0.4, 0.5) is 32.3 Å². The number of ether oxygens (including phenoxy) is 1. The summed E-state index contributed by atoms with van der Waals surface area (Å²) in [5, 5.41) is 9.17. The fourth-order valence-electron chi connectivity index (χ4n) is 4.16. The highest BCUT2D eigenvalue weighted by Gasteiger charge is 2.22. The van der Waals surface area contributed by atoms with Gasteiger partial charge < -0.3 is 30.5 Å². The molecule has 1 heterocycles. The molecule has 1 aliphatic heterocycles. The van der Waals surface area contributed by atoms with Crippen molar-refractivity contribution in [2.75, 3.05) is 53.6 Å². The van der Waals surface area contributed by atoms with Gasteiger partial charge in [-0.3, -0.25) is 0 Å². The van der Waals surface area contributed by atoms with Crippen LogP contribution in [0.5, 0.6) is 5.75 Å². The van der Waals surface area contributed by atoms with Crippen LogP contribution in [-0.4, -0.2) is 49.7 Å². The third kappa shape index (κ3) is 7.32. The Morgan fingerprint density at radius 2 is 1.50 bits per heavy atom. The molecule has 9 heteroatoms. The predicted molar refractivity (Wildman–Crippen MR) is 155 cm³/mol. The number of aryl methyl sites for hydroxylation is 1. The molecule has 1 fully saturated rings. The highest BCUT2D eigenvalue weighted by molar-refractivity contribution is 6.33. The summed E-state index contributed by atoms with van der Waals surface area (Å²) < 4.78 is 5.65. The number of nitrogens with one attached hydrogen (secondary N) is 3. The molecule has 0 atom stereocenters. The molecule has 0 aliphatic carbocycles. The standard InChI is InChI=1S/C29H34ClN5O3/c1-3-4-20-38-25-14-10-23(11-15-25)32-28(36)31-22-8-12-24(13-9-22)34-16-18-35(19-17-34)29(37)33-27-21(2)6-5-7-26(27)30/h5-15H,3-4,16-20H2,1-2H3,(H,33,37)(H2,31,32,36). The number of benzene rings is 3. The van der Waals surface area contributed by atoms with Crippen molar-refractivity contribution in [3.05, 3.63) is 77.3 Å². The van der Waals surface area contributed by atoms with Crippen molar-refractivity contribution in [3.8, 4) is 5.75 Å². The zero-order chi connectivity index (χ0) is 26.9. The van der Waals surface area contributed by atoms with Crippen LogP contribution < -0.4 is 25.6 Å². The van der Waals surface area contributed by atoms with E-state index >= 15 is 0 Å². The number of unbranched alkanes of at least 4 members (excludes halogenated alkanes) is 1. The van der Waals surface area contributed by atoms with Gasteiger partial charge in [0.2, 0.25) is 0 Å². The molecule has 38 heavy (non-hydrogen) atoms. The van der Waals surface area contributed by atoms with E-state index in [1.165, 1.54) is 0 Å². The molecule has 0 aromatic heterocycles. The average Bonchev–Trinajstić information content (AvgIpc) is 2.92. The van der Waals surface area contributed by atoms with Crippen LogP contribution in [0.15, 0.2) is 66.7 Å². The molecule has 0 unspecified atom stereocenters. The number of amides is 4. The van der Waals surface area contributed by atoms with Crippen molar-refractivity contribution in [1.82, 2.24) is 4.90 Å². The van der Waals surface area contributed by atoms with Crippen molar-refractivity contribution >= 4 is 46.4 Å². The number of nitrogens with zero attached hydrogens (tertiary/aromatic N) is 2. The third-order valence-electron chi connectivity index (χ3n) is 6.39. The summed E-state index contributed by atoms with van der Waals surface area (Å²) in [7, 11) is 0. The second-order valence-electron chi connectivity index (χ2n) is 9.19. The van der Waals surface area contributed by atoms with Crippen molar-refractivity contribution in [1.29, 1.82) is 0 Å². The van der Waals surface area contributed by atoms with Crippen LogP contribution in [0.1, 0.15) is 25.3 Å². The van der Waals surface area contributed by atoms with E-state index in [4.69, 9.17) is 16.3 Å². The molecule has 4 rings (SSSR count). The van der Waals surface area contributed by atoms with Gasteiger partial charge in [0.05, 0.1) is 17.3 Å². The summed E-state index contributed by atoms with van der Waals surface area (Å²) in [5.41, 5.74) is 4.00. The first-order valence-corrected chi connectivity index (χ1v) is 13.3. The lowest BCUT2D eigenvalue weighted by molar-refractivity contribution is 0.208. The van der Waals surface area contributed by atoms with Crippen molar-refractivity contribution in [3.63, 3.8) is 0 Å². The summed E-state index contributed by atoms with van der Waals surface area (Å²) in [6.07, 6.45) is 2.10. The maximum atomic E-state index is 12.7. The SMILES string of the molecule is CCCCOc1ccc(NC(=O)Nc2ccc(N3CCN(C(=O)Nc4c(C)cccc4Cl)CC3)cc2)cc1. The number of hydrogen-bond acceptors (Lipinski definition) is 4. The van der Waals surface area contributed by atoms with E-state index in [2.05, 4.69) is 27.8 Å². The van der Waals surface area contributed by atoms with E-state index in [0.717, 1.165) is 29.8 Å². The summed E-state index contributed by atoms with van der Waals surface area (Å²) in [6, 6.07) is 20.1. The zero-order valence-corrected chi connectivity index (χ0v) is 22.6. The molecule has 8 nitrogen and oxygen atoms in total. The van der Waals surface area contributed by atoms with Gasteiger partial charge >= 0.3 is 12.1 Å². The van der Waals surface area contributed by atoms with Gasteiger partial charge in [0.15, 0.2) is 0 Å². The van der Waals surface area contributed by atoms with Gasteiger partial charge in [-0.15, -0.1) is 0 Å². The van der Waals surface area contributed by atoms with E-state index in [9.17, 15) is 9.59 Å². The number of hydrogen-bond donors (Lipinski definition) is 3. The zero-order valence-electron chi connectivity index (χ0n) is 21.8. The fourth-order valence-corrected chi connectivity index (χ4v) is 4.43. The molecule has 0 saturated carbocycles. The lowest BCUT2D eigenvalue weighted by Crippen LogP contribution is -2.50. The van der Waals surface area contributed by atoms with E-state index in [1.807, 2.05) is 67.6 Å². The first kappa shape index (κ1) is 27.1. The number of urea groups is 2. The minimum absolute atomic E-state index is 0.148. The molecule has 0 bridgehead atoms. The topological polar surface area (TPSA) is 85.9 Å². The number of halogens is 1. The minimum Gasteiger partial charge on any atom is -0.494 e. The molecule has 1 aliphatic rings. The molecular formula is C29H34ClN5O3. The van der Waals surface area contributed by atoms with Crippen LogP contribution in [0.25, 0.3) is 0 Å². The summed E-state index contributed by atoms with van der Waals surface area (Å²) in [5.74, 6) is 0.789. The average molecular weight is 536 g/mol. The molecule has 3 aromatic carbocycles. The monoisotopic (exact) mass is 535 g/mol. The van der Waals surface area contributed by atoms with E-state index < -0.39 is 0 Å². The Bertz CT molecular complexity index is 1210. The molecule has 1 saturated heterocycles. The Kier molecular flexibility index (Phi) is 9.32. The number of carbonyl (C=O) groups excluding carboxylic acids is 2. The molecule has 0 spiro atoms. The number of rotatable bonds is 8. The van der Waals surface area contributed by atoms with E-state index in [1.54, 1.807) is 11.0 Å². The van der Waals surface area contributed by atoms with Gasteiger partial charge in [-0.25, -0.2) is 9.59 Å². The molecular weight excluding hydrogens is 502 g/mol. The van der Waals surface area contributed by atoms with Gasteiger partial charge in [0.1, 0.15) is 5.75 Å². The number of anilines is 4. The van der Waals surface area contributed by atoms with Gasteiger partial charge in [-0.1, -0.05) is 37.1 Å². The second kappa shape index (κ2) is 13.1. The number of para-hydroxylation sites is 1. The normalized spacial score (nSPS) is 13.1. The Morgan fingerprint density at radius 1 is 0.868 bits per heavy atom. The molecule has 200 valence electrons. The fraction of sp³-hybridized carbons (Fsp3) is 0.310. The van der Waals surface area contributed by atoms with E-state index in [-0.39, 0.29) is 12.1 Å². The summed E-state index contributed by atoms with van der Waals surface area (Å²) in [6.45, 7) is 7.34. The van der Waals surface area contributed by atoms with Gasteiger partial charge in [-0.2, -0.15) is 0 Å². The molecule has 3 N–H and O–H groups in total. The lowest BCUT2D eigenvalue weighted by Gasteiger charge is -2.36. The molecule has 3 aromatic rings. The molecule has 0 radical (unpaired) electrons. The van der Waals surface area contributed by atoms with Gasteiger partial charge in [0.25, 0.3) is 0 Å². The summed E-state index contributed by atoms with van der Waals surface area (Å²) >= 11 is 6.25. The van der Waals surface area contributed by atoms with Crippen LogP contribution in [0, 0.1) is 6.92 Å². The quantitative estimate of drug-likeness (QED) is 0.276. The van der Waals surface area contributed by atoms with Gasteiger partial charge in [0, 0.05) is 43.2 Å². The van der Waals surface area contributed by atoms with Crippen molar-refractivity contribution < 1.29 is 14.3 Å². The molecule has 4 amide bonds. The largest absolute Gasteiger partial charge is 0.494 e. The minimum atomic E-state index is -0.314. The third-order valence-corrected chi connectivity index (χ3v) is 6.70. The second-order valence-corrected chi connectivity index (χ2v) is 9.60. The predicted octanol–water partition coefficient (Wildman–Crippen LogP) is 6.83.